The monoisotopic (exact) mass is 354 g/mol. The zero-order valence-electron chi connectivity index (χ0n) is 8.92. The minimum absolute atomic E-state index is 1.21. The Hall–Kier alpha value is -0.0399. The Morgan fingerprint density at radius 1 is 1.07 bits per heavy atom. The fourth-order valence-electron chi connectivity index (χ4n) is 1.51. The number of hydrogen-bond donors (Lipinski definition) is 0. The third-order valence-electron chi connectivity index (χ3n) is 2.40. The average Bonchev–Trinajstić information content (AvgIpc) is 2.25. The van der Waals surface area contributed by atoms with Gasteiger partial charge in [-0.1, -0.05) is 0 Å². The van der Waals surface area contributed by atoms with E-state index < -0.39 is 0 Å². The second kappa shape index (κ2) is 7.28. The van der Waals surface area contributed by atoms with Crippen LogP contribution in [0.3, 0.4) is 0 Å². The zero-order valence-corrected chi connectivity index (χ0v) is 12.5. The topological polar surface area (TPSA) is 0 Å². The van der Waals surface area contributed by atoms with Gasteiger partial charge >= 0.3 is 102 Å². The molecule has 0 atom stereocenters. The molecule has 0 spiro atoms. The summed E-state index contributed by atoms with van der Waals surface area (Å²) in [5.74, 6) is 0. The Labute approximate surface area is 102 Å². The summed E-state index contributed by atoms with van der Waals surface area (Å²) in [4.78, 5) is 0. The van der Waals surface area contributed by atoms with Gasteiger partial charge in [0.1, 0.15) is 0 Å². The summed E-state index contributed by atoms with van der Waals surface area (Å²) in [5, 5.41) is 0. The molecule has 0 nitrogen and oxygen atoms in total. The van der Waals surface area contributed by atoms with E-state index in [1.807, 2.05) is 0 Å². The number of unbranched alkanes of at least 4 members (excludes halogenated alkanes) is 3. The fraction of sp³-hybridized carbons (Fsp3) is 0.462. The maximum atomic E-state index is 2.27. The molecule has 0 aromatic heterocycles. The second-order valence-electron chi connectivity index (χ2n) is 3.66. The van der Waals surface area contributed by atoms with Gasteiger partial charge in [-0.25, -0.2) is 0 Å². The Balaban J connectivity index is 2.29. The van der Waals surface area contributed by atoms with Crippen LogP contribution in [0.4, 0.5) is 0 Å². The summed E-state index contributed by atoms with van der Waals surface area (Å²) < 4.78 is 1.67. The van der Waals surface area contributed by atoms with E-state index in [0.29, 0.717) is 0 Å². The van der Waals surface area contributed by atoms with Gasteiger partial charge in [0.25, 0.3) is 0 Å². The van der Waals surface area contributed by atoms with Crippen LogP contribution < -0.4 is 0 Å². The van der Waals surface area contributed by atoms with Crippen molar-refractivity contribution < 1.29 is 23.9 Å². The predicted molar refractivity (Wildman–Crippen MR) is 59.3 cm³/mol. The van der Waals surface area contributed by atoms with E-state index in [-0.39, 0.29) is 0 Å². The summed E-state index contributed by atoms with van der Waals surface area (Å²) in [6.45, 7) is 2.27. The molecular weight excluding hydrogens is 335 g/mol. The second-order valence-corrected chi connectivity index (χ2v) is 5.82. The van der Waals surface area contributed by atoms with Crippen molar-refractivity contribution in [3.05, 3.63) is 35.9 Å². The molecule has 0 radical (unpaired) electrons. The van der Waals surface area contributed by atoms with Crippen LogP contribution in [0.15, 0.2) is 30.3 Å². The average molecular weight is 353 g/mol. The van der Waals surface area contributed by atoms with E-state index in [1.165, 1.54) is 61.6 Å². The SMILES string of the molecule is CCCCCC[C](=[Hf+2])c1ccccc1. The van der Waals surface area contributed by atoms with Crippen molar-refractivity contribution in [3.63, 3.8) is 0 Å². The Bertz CT molecular complexity index is 264. The van der Waals surface area contributed by atoms with Gasteiger partial charge in [-0.3, -0.25) is 0 Å². The van der Waals surface area contributed by atoms with Crippen molar-refractivity contribution >= 4 is 3.26 Å². The Morgan fingerprint density at radius 3 is 2.43 bits per heavy atom. The van der Waals surface area contributed by atoms with Gasteiger partial charge in [-0.05, 0) is 0 Å². The van der Waals surface area contributed by atoms with Crippen LogP contribution in [0, 0.1) is 0 Å². The fourth-order valence-corrected chi connectivity index (χ4v) is 2.75. The van der Waals surface area contributed by atoms with Crippen LogP contribution in [0.25, 0.3) is 0 Å². The quantitative estimate of drug-likeness (QED) is 0.540. The number of rotatable bonds is 6. The van der Waals surface area contributed by atoms with Crippen LogP contribution in [0.2, 0.25) is 0 Å². The van der Waals surface area contributed by atoms with Crippen LogP contribution in [0.5, 0.6) is 0 Å². The molecule has 1 rings (SSSR count). The van der Waals surface area contributed by atoms with Crippen LogP contribution >= 0.6 is 0 Å². The summed E-state index contributed by atoms with van der Waals surface area (Å²) in [6, 6.07) is 10.8. The first kappa shape index (κ1) is 12.0. The van der Waals surface area contributed by atoms with Crippen molar-refractivity contribution in [1.82, 2.24) is 0 Å². The van der Waals surface area contributed by atoms with Gasteiger partial charge in [-0.2, -0.15) is 0 Å². The molecule has 0 fully saturated rings. The van der Waals surface area contributed by atoms with Crippen molar-refractivity contribution in [2.75, 3.05) is 0 Å². The first-order valence-corrected chi connectivity index (χ1v) is 7.27. The van der Waals surface area contributed by atoms with Gasteiger partial charge in [0, 0.05) is 0 Å². The van der Waals surface area contributed by atoms with E-state index in [9.17, 15) is 0 Å². The number of benzene rings is 1. The summed E-state index contributed by atoms with van der Waals surface area (Å²) in [5.41, 5.74) is 1.47. The van der Waals surface area contributed by atoms with Gasteiger partial charge in [0.05, 0.1) is 0 Å². The molecule has 0 aliphatic heterocycles. The van der Waals surface area contributed by atoms with Gasteiger partial charge in [0.15, 0.2) is 0 Å². The molecular formula is C13H18Hf+2. The molecule has 0 saturated carbocycles. The normalized spacial score (nSPS) is 10.2. The third kappa shape index (κ3) is 4.45. The summed E-state index contributed by atoms with van der Waals surface area (Å²) in [7, 11) is 0. The molecule has 0 N–H and O–H groups in total. The molecule has 14 heavy (non-hydrogen) atoms. The van der Waals surface area contributed by atoms with E-state index in [0.717, 1.165) is 0 Å². The van der Waals surface area contributed by atoms with Crippen LogP contribution in [0.1, 0.15) is 44.6 Å². The molecule has 0 amide bonds. The van der Waals surface area contributed by atoms with Crippen molar-refractivity contribution in [3.8, 4) is 0 Å². The van der Waals surface area contributed by atoms with Gasteiger partial charge < -0.3 is 0 Å². The maximum absolute atomic E-state index is 2.27. The standard InChI is InChI=1S/C13H18.Hf/c1-2-3-4-5-7-10-13-11-8-6-9-12-13;/h6,8-9,11-12H,2-5,7H2,1H3;/q;+2. The first-order valence-electron chi connectivity index (χ1n) is 5.47. The molecule has 72 valence electrons. The van der Waals surface area contributed by atoms with E-state index >= 15 is 0 Å². The molecule has 1 heteroatoms. The molecule has 0 saturated heterocycles. The van der Waals surface area contributed by atoms with Gasteiger partial charge in [-0.15, -0.1) is 0 Å². The van der Waals surface area contributed by atoms with Crippen molar-refractivity contribution in [2.24, 2.45) is 0 Å². The van der Waals surface area contributed by atoms with Crippen molar-refractivity contribution in [1.29, 1.82) is 0 Å². The van der Waals surface area contributed by atoms with Crippen LogP contribution in [-0.4, -0.2) is 3.26 Å². The molecule has 0 heterocycles. The van der Waals surface area contributed by atoms with E-state index in [1.54, 1.807) is 3.26 Å². The molecule has 1 aromatic rings. The minimum atomic E-state index is 1.21. The molecule has 0 aliphatic carbocycles. The number of hydrogen-bond acceptors (Lipinski definition) is 0. The van der Waals surface area contributed by atoms with Crippen molar-refractivity contribution in [2.45, 2.75) is 39.0 Å². The van der Waals surface area contributed by atoms with Gasteiger partial charge in [0.2, 0.25) is 0 Å². The molecule has 0 unspecified atom stereocenters. The Morgan fingerprint density at radius 2 is 1.79 bits per heavy atom. The summed E-state index contributed by atoms with van der Waals surface area (Å²) >= 11 is 1.21. The van der Waals surface area contributed by atoms with Crippen LogP contribution in [-0.2, 0) is 23.9 Å². The predicted octanol–water partition coefficient (Wildman–Crippen LogP) is 3.72. The van der Waals surface area contributed by atoms with E-state index in [4.69, 9.17) is 0 Å². The summed E-state index contributed by atoms with van der Waals surface area (Å²) in [6.07, 6.45) is 6.82. The van der Waals surface area contributed by atoms with E-state index in [2.05, 4.69) is 37.3 Å². The molecule has 0 aliphatic rings. The Kier molecular flexibility index (Phi) is 6.25. The molecule has 1 aromatic carbocycles. The zero-order chi connectivity index (χ0) is 10.2. The molecule has 0 bridgehead atoms. The third-order valence-corrected chi connectivity index (χ3v) is 4.34. The first-order chi connectivity index (χ1) is 6.84.